The molecule has 13 nitrogen and oxygen atoms in total. The first-order valence-electron chi connectivity index (χ1n) is 15.9. The number of hydrogen-bond donors (Lipinski definition) is 4. The molecule has 0 unspecified atom stereocenters. The normalized spacial score (nSPS) is 19.1. The van der Waals surface area contributed by atoms with Crippen LogP contribution in [0.25, 0.3) is 0 Å². The van der Waals surface area contributed by atoms with E-state index in [1.54, 1.807) is 48.5 Å². The van der Waals surface area contributed by atoms with Gasteiger partial charge in [-0.1, -0.05) is 12.1 Å². The standard InChI is InChI=1S/C33H53N5O8.Pd/c1-30(2,3)43-26(39)33(10,46-38-29(41)45-32(7,8)9)25-15-13-22-18-21(12-14-24(22)42-25)23-19-36-27(37-20-23)34-16-11-17-35-28(40)44-31(4,5)6;/h12,14,18,23,25H,11,13,15-17,19-20H2,1-10H3,(H,35,40)(H,38,41)(H2,34,36,37);/t25-,33+;/m1./s1. The number of hydroxylamine groups is 1. The van der Waals surface area contributed by atoms with E-state index in [9.17, 15) is 14.4 Å². The Bertz CT molecular complexity index is 1270. The Hall–Kier alpha value is -3.08. The van der Waals surface area contributed by atoms with E-state index in [0.717, 1.165) is 23.5 Å². The van der Waals surface area contributed by atoms with E-state index >= 15 is 0 Å². The number of benzene rings is 1. The first kappa shape index (κ1) is 40.1. The fourth-order valence-corrected chi connectivity index (χ4v) is 4.80. The van der Waals surface area contributed by atoms with Crippen LogP contribution in [0.1, 0.15) is 99.1 Å². The molecule has 2 aliphatic heterocycles. The van der Waals surface area contributed by atoms with Gasteiger partial charge >= 0.3 is 18.2 Å². The first-order chi connectivity index (χ1) is 21.2. The van der Waals surface area contributed by atoms with Gasteiger partial charge in [-0.05, 0) is 106 Å². The maximum atomic E-state index is 13.4. The van der Waals surface area contributed by atoms with Crippen molar-refractivity contribution in [2.45, 2.75) is 123 Å². The summed E-state index contributed by atoms with van der Waals surface area (Å²) in [6.07, 6.45) is -0.153. The zero-order valence-corrected chi connectivity index (χ0v) is 30.9. The van der Waals surface area contributed by atoms with Gasteiger partial charge in [0.2, 0.25) is 5.60 Å². The van der Waals surface area contributed by atoms with Gasteiger partial charge in [-0.2, -0.15) is 5.48 Å². The Balaban J connectivity index is 0.00000768. The quantitative estimate of drug-likeness (QED) is 0.0932. The molecule has 0 aromatic heterocycles. The number of rotatable bonds is 9. The molecular formula is C33H53N5O8Pd. The second-order valence-electron chi connectivity index (χ2n) is 14.8. The number of fused-ring (bicyclic) bond motifs is 1. The molecule has 0 spiro atoms. The minimum Gasteiger partial charge on any atom is -0.486 e. The average Bonchev–Trinajstić information content (AvgIpc) is 2.92. The summed E-state index contributed by atoms with van der Waals surface area (Å²) in [6.45, 7) is 20.0. The number of carbonyl (C=O) groups is 3. The molecule has 0 saturated heterocycles. The average molecular weight is 754 g/mol. The van der Waals surface area contributed by atoms with Gasteiger partial charge < -0.3 is 34.9 Å². The maximum absolute atomic E-state index is 13.4. The predicted octanol–water partition coefficient (Wildman–Crippen LogP) is 4.48. The summed E-state index contributed by atoms with van der Waals surface area (Å²) in [5.41, 5.74) is 0.737. The van der Waals surface area contributed by atoms with Crippen LogP contribution in [-0.2, 0) is 50.7 Å². The van der Waals surface area contributed by atoms with Gasteiger partial charge in [0.1, 0.15) is 28.7 Å². The fourth-order valence-electron chi connectivity index (χ4n) is 4.80. The van der Waals surface area contributed by atoms with Gasteiger partial charge in [-0.25, -0.2) is 19.2 Å². The Labute approximate surface area is 292 Å². The number of guanidine groups is 1. The molecule has 47 heavy (non-hydrogen) atoms. The van der Waals surface area contributed by atoms with Crippen LogP contribution in [0.2, 0.25) is 0 Å². The summed E-state index contributed by atoms with van der Waals surface area (Å²) < 4.78 is 22.5. The monoisotopic (exact) mass is 753 g/mol. The third-order valence-electron chi connectivity index (χ3n) is 6.96. The van der Waals surface area contributed by atoms with Crippen molar-refractivity contribution in [2.75, 3.05) is 26.2 Å². The molecule has 0 radical (unpaired) electrons. The summed E-state index contributed by atoms with van der Waals surface area (Å²) >= 11 is 0. The maximum Gasteiger partial charge on any atom is 0.431 e. The molecule has 3 rings (SSSR count). The SMILES string of the molecule is CC(C)(C)OC(=O)NCCCNC1=NC[C@@H](c2ccc3c(c2)CC[C@H]([C@](C)(ONC(=O)OC(C)(C)C)C(=O)OC(C)(C)C)O3)CN1.[Pd]. The molecule has 0 fully saturated rings. The minimum atomic E-state index is -1.64. The van der Waals surface area contributed by atoms with Gasteiger partial charge in [0, 0.05) is 46.0 Å². The molecule has 2 heterocycles. The van der Waals surface area contributed by atoms with Crippen LogP contribution in [0.5, 0.6) is 5.75 Å². The molecular weight excluding hydrogens is 701 g/mol. The predicted molar refractivity (Wildman–Crippen MR) is 174 cm³/mol. The van der Waals surface area contributed by atoms with Gasteiger partial charge in [0.25, 0.3) is 0 Å². The molecule has 1 aromatic carbocycles. The second kappa shape index (κ2) is 16.4. The third kappa shape index (κ3) is 13.2. The van der Waals surface area contributed by atoms with Crippen LogP contribution < -0.4 is 26.2 Å². The van der Waals surface area contributed by atoms with Crippen molar-refractivity contribution in [3.05, 3.63) is 29.3 Å². The van der Waals surface area contributed by atoms with Crippen LogP contribution in [0.4, 0.5) is 9.59 Å². The number of aliphatic imine (C=N–C) groups is 1. The molecule has 2 amide bonds. The second-order valence-corrected chi connectivity index (χ2v) is 14.8. The van der Waals surface area contributed by atoms with E-state index in [0.29, 0.717) is 44.8 Å². The van der Waals surface area contributed by atoms with Crippen molar-refractivity contribution in [1.82, 2.24) is 21.4 Å². The Kier molecular flexibility index (Phi) is 14.0. The molecule has 0 bridgehead atoms. The van der Waals surface area contributed by atoms with Gasteiger partial charge in [-0.15, -0.1) is 0 Å². The van der Waals surface area contributed by atoms with Crippen molar-refractivity contribution >= 4 is 24.1 Å². The van der Waals surface area contributed by atoms with Crippen LogP contribution in [0, 0.1) is 0 Å². The fraction of sp³-hybridized carbons (Fsp3) is 0.697. The van der Waals surface area contributed by atoms with Crippen LogP contribution >= 0.6 is 0 Å². The van der Waals surface area contributed by atoms with Crippen LogP contribution in [0.3, 0.4) is 0 Å². The summed E-state index contributed by atoms with van der Waals surface area (Å²) in [4.78, 5) is 47.9. The van der Waals surface area contributed by atoms with Crippen molar-refractivity contribution in [3.63, 3.8) is 0 Å². The zero-order valence-electron chi connectivity index (χ0n) is 29.4. The first-order valence-corrected chi connectivity index (χ1v) is 15.9. The number of alkyl carbamates (subject to hydrolysis) is 1. The van der Waals surface area contributed by atoms with Gasteiger partial charge in [-0.3, -0.25) is 4.99 Å². The minimum absolute atomic E-state index is 0. The Morgan fingerprint density at radius 1 is 0.915 bits per heavy atom. The molecule has 1 aromatic rings. The summed E-state index contributed by atoms with van der Waals surface area (Å²) in [5.74, 6) is 0.899. The summed E-state index contributed by atoms with van der Waals surface area (Å²) in [5, 5.41) is 9.39. The number of carbonyl (C=O) groups excluding carboxylic acids is 3. The Morgan fingerprint density at radius 3 is 2.15 bits per heavy atom. The van der Waals surface area contributed by atoms with Crippen molar-refractivity contribution < 1.29 is 58.6 Å². The van der Waals surface area contributed by atoms with Crippen molar-refractivity contribution in [2.24, 2.45) is 4.99 Å². The molecule has 4 N–H and O–H groups in total. The molecule has 2 aliphatic rings. The van der Waals surface area contributed by atoms with Crippen LogP contribution in [-0.4, -0.2) is 78.8 Å². The van der Waals surface area contributed by atoms with Gasteiger partial charge in [0.15, 0.2) is 5.96 Å². The molecule has 0 saturated carbocycles. The van der Waals surface area contributed by atoms with Gasteiger partial charge in [0.05, 0.1) is 6.54 Å². The smallest absolute Gasteiger partial charge is 0.431 e. The number of nitrogens with zero attached hydrogens (tertiary/aromatic N) is 1. The van der Waals surface area contributed by atoms with E-state index in [1.807, 2.05) is 32.9 Å². The molecule has 14 heteroatoms. The molecule has 268 valence electrons. The van der Waals surface area contributed by atoms with E-state index in [4.69, 9.17) is 23.8 Å². The van der Waals surface area contributed by atoms with E-state index in [2.05, 4.69) is 32.5 Å². The number of amides is 2. The number of nitrogens with one attached hydrogen (secondary N) is 4. The number of hydrogen-bond acceptors (Lipinski definition) is 11. The topological polar surface area (TPSA) is 158 Å². The third-order valence-corrected chi connectivity index (χ3v) is 6.96. The van der Waals surface area contributed by atoms with E-state index in [1.165, 1.54) is 0 Å². The number of esters is 1. The number of aryl methyl sites for hydroxylation is 1. The molecule has 0 aliphatic carbocycles. The van der Waals surface area contributed by atoms with Crippen LogP contribution in [0.15, 0.2) is 23.2 Å². The zero-order chi connectivity index (χ0) is 34.3. The summed E-state index contributed by atoms with van der Waals surface area (Å²) in [7, 11) is 0. The van der Waals surface area contributed by atoms with Crippen molar-refractivity contribution in [1.29, 1.82) is 0 Å². The molecule has 3 atom stereocenters. The van der Waals surface area contributed by atoms with E-state index in [-0.39, 0.29) is 26.3 Å². The summed E-state index contributed by atoms with van der Waals surface area (Å²) in [6, 6.07) is 6.04. The van der Waals surface area contributed by atoms with E-state index < -0.39 is 46.7 Å². The Morgan fingerprint density at radius 2 is 1.55 bits per heavy atom. The largest absolute Gasteiger partial charge is 0.486 e. The number of ether oxygens (including phenoxy) is 4. The van der Waals surface area contributed by atoms with Crippen molar-refractivity contribution in [3.8, 4) is 5.75 Å².